The Labute approximate surface area is 112 Å². The van der Waals surface area contributed by atoms with Gasteiger partial charge < -0.3 is 10.1 Å². The van der Waals surface area contributed by atoms with E-state index in [1.807, 2.05) is 6.07 Å². The zero-order chi connectivity index (χ0) is 14.3. The van der Waals surface area contributed by atoms with Crippen LogP contribution in [0.15, 0.2) is 18.2 Å². The summed E-state index contributed by atoms with van der Waals surface area (Å²) in [6, 6.07) is 6.45. The van der Waals surface area contributed by atoms with E-state index in [2.05, 4.69) is 19.2 Å². The molecule has 0 aliphatic carbocycles. The van der Waals surface area contributed by atoms with Gasteiger partial charge in [0.2, 0.25) is 0 Å². The molecule has 0 aliphatic rings. The molecule has 6 heteroatoms. The number of nitrogens with zero attached hydrogens (tertiary/aromatic N) is 2. The van der Waals surface area contributed by atoms with Crippen LogP contribution in [0.4, 0.5) is 11.4 Å². The molecule has 0 fully saturated rings. The zero-order valence-electron chi connectivity index (χ0n) is 11.0. The number of para-hydroxylation sites is 1. The number of hydrogen-bond acceptors (Lipinski definition) is 5. The number of nitro groups is 1. The van der Waals surface area contributed by atoms with Crippen LogP contribution in [-0.2, 0) is 4.74 Å². The minimum absolute atomic E-state index is 0.0538. The van der Waals surface area contributed by atoms with Crippen molar-refractivity contribution in [2.24, 2.45) is 5.92 Å². The molecule has 6 nitrogen and oxygen atoms in total. The lowest BCUT2D eigenvalue weighted by atomic mass is 10.1. The number of nitriles is 1. The normalized spacial score (nSPS) is 10.2. The summed E-state index contributed by atoms with van der Waals surface area (Å²) in [7, 11) is 0. The maximum absolute atomic E-state index is 11.0. The van der Waals surface area contributed by atoms with Crippen molar-refractivity contribution in [2.75, 3.05) is 25.1 Å². The molecule has 0 saturated heterocycles. The summed E-state index contributed by atoms with van der Waals surface area (Å²) in [5.74, 6) is 0.455. The predicted octanol–water partition coefficient (Wildman–Crippen LogP) is 2.55. The highest BCUT2D eigenvalue weighted by Crippen LogP contribution is 2.27. The van der Waals surface area contributed by atoms with Crippen LogP contribution >= 0.6 is 0 Å². The van der Waals surface area contributed by atoms with Crippen LogP contribution in [0.5, 0.6) is 0 Å². The van der Waals surface area contributed by atoms with E-state index in [1.165, 1.54) is 6.07 Å². The van der Waals surface area contributed by atoms with Crippen molar-refractivity contribution in [3.63, 3.8) is 0 Å². The number of benzene rings is 1. The van der Waals surface area contributed by atoms with E-state index in [1.54, 1.807) is 12.1 Å². The number of nitro benzene ring substituents is 1. The van der Waals surface area contributed by atoms with E-state index < -0.39 is 4.92 Å². The molecule has 0 saturated carbocycles. The molecule has 19 heavy (non-hydrogen) atoms. The Hall–Kier alpha value is -2.13. The van der Waals surface area contributed by atoms with Gasteiger partial charge in [-0.2, -0.15) is 5.26 Å². The maximum Gasteiger partial charge on any atom is 0.309 e. The van der Waals surface area contributed by atoms with Crippen molar-refractivity contribution in [1.82, 2.24) is 0 Å². The lowest BCUT2D eigenvalue weighted by molar-refractivity contribution is -0.384. The van der Waals surface area contributed by atoms with Gasteiger partial charge in [0, 0.05) is 13.2 Å². The monoisotopic (exact) mass is 263 g/mol. The number of nitrogens with one attached hydrogen (secondary N) is 1. The van der Waals surface area contributed by atoms with Crippen LogP contribution in [0.3, 0.4) is 0 Å². The average molecular weight is 263 g/mol. The fourth-order valence-corrected chi connectivity index (χ4v) is 1.55. The van der Waals surface area contributed by atoms with E-state index in [9.17, 15) is 10.1 Å². The minimum Gasteiger partial charge on any atom is -0.379 e. The smallest absolute Gasteiger partial charge is 0.309 e. The van der Waals surface area contributed by atoms with Gasteiger partial charge in [0.05, 0.1) is 11.5 Å². The molecule has 0 amide bonds. The molecule has 0 atom stereocenters. The Morgan fingerprint density at radius 2 is 2.26 bits per heavy atom. The van der Waals surface area contributed by atoms with Gasteiger partial charge in [0.15, 0.2) is 0 Å². The van der Waals surface area contributed by atoms with Gasteiger partial charge in [0.25, 0.3) is 0 Å². The molecule has 0 aliphatic heterocycles. The maximum atomic E-state index is 11.0. The number of anilines is 1. The first kappa shape index (κ1) is 14.9. The van der Waals surface area contributed by atoms with Crippen molar-refractivity contribution in [3.05, 3.63) is 33.9 Å². The lowest BCUT2D eigenvalue weighted by Crippen LogP contribution is -2.13. The highest BCUT2D eigenvalue weighted by molar-refractivity contribution is 5.68. The molecular formula is C13H17N3O3. The van der Waals surface area contributed by atoms with Crippen LogP contribution in [0, 0.1) is 27.4 Å². The predicted molar refractivity (Wildman–Crippen MR) is 72.0 cm³/mol. The van der Waals surface area contributed by atoms with Gasteiger partial charge in [-0.25, -0.2) is 0 Å². The molecule has 102 valence electrons. The van der Waals surface area contributed by atoms with Gasteiger partial charge in [-0.15, -0.1) is 0 Å². The molecule has 1 aromatic carbocycles. The van der Waals surface area contributed by atoms with Crippen molar-refractivity contribution in [3.8, 4) is 6.07 Å². The SMILES string of the molecule is CC(C)COCCNc1cccc(C#N)c1[N+](=O)[O-]. The first-order valence-corrected chi connectivity index (χ1v) is 6.05. The van der Waals surface area contributed by atoms with Gasteiger partial charge >= 0.3 is 5.69 Å². The molecule has 0 unspecified atom stereocenters. The van der Waals surface area contributed by atoms with Crippen molar-refractivity contribution in [1.29, 1.82) is 5.26 Å². The molecule has 1 aromatic rings. The van der Waals surface area contributed by atoms with E-state index in [4.69, 9.17) is 10.00 Å². The molecule has 1 rings (SSSR count). The minimum atomic E-state index is -0.546. The summed E-state index contributed by atoms with van der Waals surface area (Å²) in [4.78, 5) is 10.4. The number of ether oxygens (including phenoxy) is 1. The molecule has 0 radical (unpaired) electrons. The molecular weight excluding hydrogens is 246 g/mol. The standard InChI is InChI=1S/C13H17N3O3/c1-10(2)9-19-7-6-15-12-5-3-4-11(8-14)13(12)16(17)18/h3-5,10,15H,6-7,9H2,1-2H3. The molecule has 1 N–H and O–H groups in total. The second kappa shape index (κ2) is 7.34. The van der Waals surface area contributed by atoms with E-state index in [-0.39, 0.29) is 11.3 Å². The zero-order valence-corrected chi connectivity index (χ0v) is 11.0. The Morgan fingerprint density at radius 1 is 1.53 bits per heavy atom. The summed E-state index contributed by atoms with van der Waals surface area (Å²) >= 11 is 0. The summed E-state index contributed by atoms with van der Waals surface area (Å²) in [5, 5.41) is 22.7. The second-order valence-electron chi connectivity index (χ2n) is 4.47. The van der Waals surface area contributed by atoms with Crippen LogP contribution < -0.4 is 5.32 Å². The van der Waals surface area contributed by atoms with Gasteiger partial charge in [-0.05, 0) is 18.1 Å². The van der Waals surface area contributed by atoms with Crippen LogP contribution in [0.1, 0.15) is 19.4 Å². The largest absolute Gasteiger partial charge is 0.379 e. The van der Waals surface area contributed by atoms with Crippen molar-refractivity contribution in [2.45, 2.75) is 13.8 Å². The molecule has 0 spiro atoms. The molecule has 0 bridgehead atoms. The third kappa shape index (κ3) is 4.56. The quantitative estimate of drug-likeness (QED) is 0.464. The Kier molecular flexibility index (Phi) is 5.76. The average Bonchev–Trinajstić information content (AvgIpc) is 2.37. The van der Waals surface area contributed by atoms with Crippen LogP contribution in [0.2, 0.25) is 0 Å². The third-order valence-corrected chi connectivity index (χ3v) is 2.35. The Balaban J connectivity index is 2.64. The van der Waals surface area contributed by atoms with Crippen molar-refractivity contribution < 1.29 is 9.66 Å². The Morgan fingerprint density at radius 3 is 2.84 bits per heavy atom. The molecule has 0 heterocycles. The number of hydrogen-bond donors (Lipinski definition) is 1. The summed E-state index contributed by atoms with van der Waals surface area (Å²) in [5.41, 5.74) is 0.212. The Bertz CT molecular complexity index is 481. The first-order chi connectivity index (χ1) is 9.06. The van der Waals surface area contributed by atoms with Crippen LogP contribution in [0.25, 0.3) is 0 Å². The third-order valence-electron chi connectivity index (χ3n) is 2.35. The van der Waals surface area contributed by atoms with Gasteiger partial charge in [-0.1, -0.05) is 19.9 Å². The summed E-state index contributed by atoms with van der Waals surface area (Å²) in [6.07, 6.45) is 0. The van der Waals surface area contributed by atoms with Crippen LogP contribution in [-0.4, -0.2) is 24.7 Å². The summed E-state index contributed by atoms with van der Waals surface area (Å²) in [6.45, 7) is 5.68. The number of rotatable bonds is 7. The fraction of sp³-hybridized carbons (Fsp3) is 0.462. The molecule has 0 aromatic heterocycles. The lowest BCUT2D eigenvalue weighted by Gasteiger charge is -2.09. The van der Waals surface area contributed by atoms with Crippen molar-refractivity contribution >= 4 is 11.4 Å². The topological polar surface area (TPSA) is 88.2 Å². The second-order valence-corrected chi connectivity index (χ2v) is 4.47. The highest BCUT2D eigenvalue weighted by Gasteiger charge is 2.18. The van der Waals surface area contributed by atoms with E-state index in [0.717, 1.165) is 0 Å². The summed E-state index contributed by atoms with van der Waals surface area (Å²) < 4.78 is 5.38. The van der Waals surface area contributed by atoms with Gasteiger partial charge in [-0.3, -0.25) is 10.1 Å². The van der Waals surface area contributed by atoms with E-state index >= 15 is 0 Å². The highest BCUT2D eigenvalue weighted by atomic mass is 16.6. The van der Waals surface area contributed by atoms with Gasteiger partial charge in [0.1, 0.15) is 17.3 Å². The first-order valence-electron chi connectivity index (χ1n) is 6.05. The van der Waals surface area contributed by atoms with E-state index in [0.29, 0.717) is 31.4 Å². The fourth-order valence-electron chi connectivity index (χ4n) is 1.55.